The van der Waals surface area contributed by atoms with E-state index in [0.29, 0.717) is 23.5 Å². The maximum Gasteiger partial charge on any atom is 0.261 e. The fourth-order valence-electron chi connectivity index (χ4n) is 4.24. The van der Waals surface area contributed by atoms with Gasteiger partial charge in [0.15, 0.2) is 0 Å². The number of rotatable bonds is 6. The van der Waals surface area contributed by atoms with Gasteiger partial charge in [-0.15, -0.1) is 0 Å². The minimum absolute atomic E-state index is 0.0788. The number of nitrogens with one attached hydrogen (secondary N) is 2. The molecule has 1 aromatic heterocycles. The monoisotopic (exact) mass is 476 g/mol. The number of anilines is 1. The number of nitrogens with zero attached hydrogens (tertiary/aromatic N) is 2. The van der Waals surface area contributed by atoms with Crippen LogP contribution in [-0.2, 0) is 10.0 Å². The topological polar surface area (TPSA) is 104 Å². The number of methoxy groups -OCH3 is 1. The van der Waals surface area contributed by atoms with Crippen LogP contribution in [-0.4, -0.2) is 42.8 Å². The number of ether oxygens (including phenoxy) is 1. The lowest BCUT2D eigenvalue weighted by Gasteiger charge is -2.23. The summed E-state index contributed by atoms with van der Waals surface area (Å²) in [5.74, 6) is 1.26. The fraction of sp³-hybridized carbons (Fsp3) is 0.200. The van der Waals surface area contributed by atoms with Crippen molar-refractivity contribution < 1.29 is 17.9 Å². The number of aromatic amines is 1. The first-order chi connectivity index (χ1) is 16.4. The molecule has 4 aromatic rings. The molecule has 2 N–H and O–H groups in total. The zero-order valence-corrected chi connectivity index (χ0v) is 19.4. The van der Waals surface area contributed by atoms with Gasteiger partial charge in [0, 0.05) is 17.8 Å². The Bertz CT molecular complexity index is 1400. The molecule has 1 amide bonds. The molecular formula is C25H24N4O4S. The summed E-state index contributed by atoms with van der Waals surface area (Å²) in [5, 5.41) is 0. The van der Waals surface area contributed by atoms with Gasteiger partial charge in [-0.2, -0.15) is 0 Å². The van der Waals surface area contributed by atoms with E-state index in [1.54, 1.807) is 48.4 Å². The van der Waals surface area contributed by atoms with E-state index in [1.165, 1.54) is 12.1 Å². The maximum atomic E-state index is 13.3. The molecule has 0 unspecified atom stereocenters. The molecule has 3 aromatic carbocycles. The van der Waals surface area contributed by atoms with Crippen molar-refractivity contribution in [2.45, 2.75) is 23.8 Å². The van der Waals surface area contributed by atoms with Crippen LogP contribution >= 0.6 is 0 Å². The summed E-state index contributed by atoms with van der Waals surface area (Å²) in [7, 11) is -2.25. The molecular weight excluding hydrogens is 452 g/mol. The number of hydrogen-bond acceptors (Lipinski definition) is 5. The molecule has 0 radical (unpaired) electrons. The predicted molar refractivity (Wildman–Crippen MR) is 129 cm³/mol. The van der Waals surface area contributed by atoms with Crippen molar-refractivity contribution >= 4 is 32.7 Å². The maximum absolute atomic E-state index is 13.3. The molecule has 1 aliphatic heterocycles. The molecule has 2 heterocycles. The van der Waals surface area contributed by atoms with Crippen LogP contribution in [0.3, 0.4) is 0 Å². The number of para-hydroxylation sites is 2. The fourth-order valence-corrected chi connectivity index (χ4v) is 5.30. The van der Waals surface area contributed by atoms with Gasteiger partial charge in [-0.1, -0.05) is 12.1 Å². The summed E-state index contributed by atoms with van der Waals surface area (Å²) in [4.78, 5) is 23.2. The number of benzene rings is 3. The third-order valence-corrected chi connectivity index (χ3v) is 7.39. The van der Waals surface area contributed by atoms with Crippen molar-refractivity contribution in [2.24, 2.45) is 0 Å². The van der Waals surface area contributed by atoms with Crippen molar-refractivity contribution in [1.82, 2.24) is 14.9 Å². The summed E-state index contributed by atoms with van der Waals surface area (Å²) in [6, 6.07) is 20.3. The molecule has 1 fully saturated rings. The number of H-pyrrole nitrogens is 1. The van der Waals surface area contributed by atoms with Crippen LogP contribution in [0.2, 0.25) is 0 Å². The van der Waals surface area contributed by atoms with Crippen molar-refractivity contribution in [3.63, 3.8) is 0 Å². The molecule has 0 saturated carbocycles. The van der Waals surface area contributed by atoms with Gasteiger partial charge in [0.2, 0.25) is 0 Å². The smallest absolute Gasteiger partial charge is 0.261 e. The molecule has 0 aliphatic carbocycles. The van der Waals surface area contributed by atoms with E-state index in [4.69, 9.17) is 4.74 Å². The Labute approximate surface area is 197 Å². The van der Waals surface area contributed by atoms with Gasteiger partial charge in [0.05, 0.1) is 29.1 Å². The van der Waals surface area contributed by atoms with Crippen molar-refractivity contribution in [3.05, 3.63) is 84.2 Å². The highest BCUT2D eigenvalue weighted by atomic mass is 32.2. The first-order valence-electron chi connectivity index (χ1n) is 11.0. The van der Waals surface area contributed by atoms with Gasteiger partial charge in [0.25, 0.3) is 15.9 Å². The van der Waals surface area contributed by atoms with Crippen LogP contribution < -0.4 is 9.46 Å². The molecule has 1 atom stereocenters. The summed E-state index contributed by atoms with van der Waals surface area (Å²) in [5.41, 5.74) is 2.67. The average Bonchev–Trinajstić information content (AvgIpc) is 3.51. The van der Waals surface area contributed by atoms with Gasteiger partial charge in [-0.05, 0) is 73.5 Å². The van der Waals surface area contributed by atoms with E-state index >= 15 is 0 Å². The largest absolute Gasteiger partial charge is 0.497 e. The summed E-state index contributed by atoms with van der Waals surface area (Å²) in [6.45, 7) is 0.625. The molecule has 9 heteroatoms. The van der Waals surface area contributed by atoms with Gasteiger partial charge in [-0.3, -0.25) is 9.52 Å². The van der Waals surface area contributed by atoms with Crippen LogP contribution in [0.4, 0.5) is 5.69 Å². The third kappa shape index (κ3) is 4.22. The summed E-state index contributed by atoms with van der Waals surface area (Å²) < 4.78 is 33.2. The van der Waals surface area contributed by atoms with Gasteiger partial charge in [-0.25, -0.2) is 13.4 Å². The standard InChI is InChI=1S/C25H24N4O4S/c1-33-19-12-10-18(11-13-19)28-34(31,32)20-14-8-17(9-15-20)25(30)29-16-4-7-23(29)24-26-21-5-2-3-6-22(21)27-24/h2-3,5-6,8-15,23,28H,4,7,16H2,1H3,(H,26,27)/t23-/m1/s1. The molecule has 5 rings (SSSR count). The van der Waals surface area contributed by atoms with E-state index < -0.39 is 10.0 Å². The Kier molecular flexibility index (Phi) is 5.70. The number of carbonyl (C=O) groups excluding carboxylic acids is 1. The Morgan fingerprint density at radius 1 is 1.06 bits per heavy atom. The number of hydrogen-bond donors (Lipinski definition) is 2. The second-order valence-corrected chi connectivity index (χ2v) is 9.84. The molecule has 34 heavy (non-hydrogen) atoms. The minimum atomic E-state index is -3.79. The molecule has 8 nitrogen and oxygen atoms in total. The molecule has 1 saturated heterocycles. The summed E-state index contributed by atoms with van der Waals surface area (Å²) >= 11 is 0. The van der Waals surface area contributed by atoms with Crippen molar-refractivity contribution in [1.29, 1.82) is 0 Å². The lowest BCUT2D eigenvalue weighted by molar-refractivity contribution is 0.0730. The predicted octanol–water partition coefficient (Wildman–Crippen LogP) is 4.35. The van der Waals surface area contributed by atoms with Gasteiger partial charge < -0.3 is 14.6 Å². The van der Waals surface area contributed by atoms with Crippen molar-refractivity contribution in [3.8, 4) is 5.75 Å². The van der Waals surface area contributed by atoms with Crippen LogP contribution in [0.1, 0.15) is 35.1 Å². The van der Waals surface area contributed by atoms with Crippen LogP contribution in [0.15, 0.2) is 77.7 Å². The van der Waals surface area contributed by atoms with Gasteiger partial charge in [0.1, 0.15) is 11.6 Å². The van der Waals surface area contributed by atoms with E-state index in [-0.39, 0.29) is 16.8 Å². The highest BCUT2D eigenvalue weighted by molar-refractivity contribution is 7.92. The molecule has 174 valence electrons. The second kappa shape index (κ2) is 8.83. The number of amides is 1. The number of aromatic nitrogens is 2. The zero-order valence-electron chi connectivity index (χ0n) is 18.6. The first kappa shape index (κ1) is 22.0. The van der Waals surface area contributed by atoms with E-state index in [2.05, 4.69) is 14.7 Å². The Morgan fingerprint density at radius 2 is 1.79 bits per heavy atom. The highest BCUT2D eigenvalue weighted by Gasteiger charge is 2.32. The average molecular weight is 477 g/mol. The Balaban J connectivity index is 1.33. The number of likely N-dealkylation sites (tertiary alicyclic amines) is 1. The third-order valence-electron chi connectivity index (χ3n) is 5.99. The quantitative estimate of drug-likeness (QED) is 0.431. The van der Waals surface area contributed by atoms with E-state index in [0.717, 1.165) is 29.7 Å². The zero-order chi connectivity index (χ0) is 23.7. The number of imidazole rings is 1. The van der Waals surface area contributed by atoms with E-state index in [9.17, 15) is 13.2 Å². The normalized spacial score (nSPS) is 16.0. The van der Waals surface area contributed by atoms with Crippen LogP contribution in [0, 0.1) is 0 Å². The molecule has 1 aliphatic rings. The minimum Gasteiger partial charge on any atom is -0.497 e. The molecule has 0 spiro atoms. The first-order valence-corrected chi connectivity index (χ1v) is 12.5. The van der Waals surface area contributed by atoms with Crippen molar-refractivity contribution in [2.75, 3.05) is 18.4 Å². The SMILES string of the molecule is COc1ccc(NS(=O)(=O)c2ccc(C(=O)N3CCC[C@@H]3c3nc4ccccc4[nH]3)cc2)cc1. The van der Waals surface area contributed by atoms with Gasteiger partial charge >= 0.3 is 0 Å². The van der Waals surface area contributed by atoms with Crippen LogP contribution in [0.5, 0.6) is 5.75 Å². The Hall–Kier alpha value is -3.85. The Morgan fingerprint density at radius 3 is 2.50 bits per heavy atom. The number of fused-ring (bicyclic) bond motifs is 1. The molecule has 0 bridgehead atoms. The highest BCUT2D eigenvalue weighted by Crippen LogP contribution is 2.33. The number of sulfonamides is 1. The lowest BCUT2D eigenvalue weighted by atomic mass is 10.1. The van der Waals surface area contributed by atoms with E-state index in [1.807, 2.05) is 24.3 Å². The number of carbonyl (C=O) groups is 1. The summed E-state index contributed by atoms with van der Waals surface area (Å²) in [6.07, 6.45) is 1.70. The van der Waals surface area contributed by atoms with Crippen LogP contribution in [0.25, 0.3) is 11.0 Å². The lowest BCUT2D eigenvalue weighted by Crippen LogP contribution is -2.31. The second-order valence-electron chi connectivity index (χ2n) is 8.15.